The maximum Gasteiger partial charge on any atom is 0.159 e. The minimum Gasteiger partial charge on any atom is -0.325 e. The Balaban J connectivity index is 1.50. The van der Waals surface area contributed by atoms with E-state index < -0.39 is 0 Å². The third-order valence-corrected chi connectivity index (χ3v) is 6.79. The Morgan fingerprint density at radius 3 is 2.53 bits per heavy atom. The molecule has 0 aliphatic heterocycles. The van der Waals surface area contributed by atoms with Gasteiger partial charge >= 0.3 is 0 Å². The van der Waals surface area contributed by atoms with Crippen molar-refractivity contribution >= 4 is 23.2 Å². The summed E-state index contributed by atoms with van der Waals surface area (Å²) in [6.07, 6.45) is 5.21. The number of aryl methyl sites for hydroxylation is 2. The minimum atomic E-state index is 0.630. The van der Waals surface area contributed by atoms with E-state index in [0.29, 0.717) is 22.2 Å². The monoisotopic (exact) mass is 472 g/mol. The molecular formula is C25H25ClN8. The molecule has 9 heteroatoms. The predicted molar refractivity (Wildman–Crippen MR) is 131 cm³/mol. The molecule has 1 saturated carbocycles. The summed E-state index contributed by atoms with van der Waals surface area (Å²) in [4.78, 5) is 8.83. The van der Waals surface area contributed by atoms with E-state index in [1.54, 1.807) is 4.68 Å². The van der Waals surface area contributed by atoms with Gasteiger partial charge in [-0.05, 0) is 45.2 Å². The summed E-state index contributed by atoms with van der Waals surface area (Å²) < 4.78 is 3.76. The third kappa shape index (κ3) is 4.27. The van der Waals surface area contributed by atoms with Gasteiger partial charge in [-0.1, -0.05) is 36.6 Å². The van der Waals surface area contributed by atoms with E-state index >= 15 is 0 Å². The van der Waals surface area contributed by atoms with Crippen LogP contribution in [0.5, 0.6) is 0 Å². The molecule has 8 nitrogen and oxygen atoms in total. The average molecular weight is 473 g/mol. The number of rotatable bonds is 7. The normalized spacial score (nSPS) is 13.1. The van der Waals surface area contributed by atoms with Gasteiger partial charge in [-0.25, -0.2) is 19.3 Å². The Kier molecular flexibility index (Phi) is 5.80. The van der Waals surface area contributed by atoms with Gasteiger partial charge in [0.1, 0.15) is 18.0 Å². The van der Waals surface area contributed by atoms with Crippen molar-refractivity contribution in [1.29, 1.82) is 5.26 Å². The van der Waals surface area contributed by atoms with Crippen molar-refractivity contribution in [3.63, 3.8) is 0 Å². The molecule has 0 unspecified atom stereocenters. The van der Waals surface area contributed by atoms with Crippen LogP contribution >= 0.6 is 11.6 Å². The molecule has 1 fully saturated rings. The van der Waals surface area contributed by atoms with Gasteiger partial charge in [0.05, 0.1) is 33.7 Å². The second-order valence-electron chi connectivity index (χ2n) is 8.75. The van der Waals surface area contributed by atoms with Gasteiger partial charge in [0, 0.05) is 23.7 Å². The maximum atomic E-state index is 9.13. The number of hydrogen-bond acceptors (Lipinski definition) is 6. The largest absolute Gasteiger partial charge is 0.325 e. The Hall–Kier alpha value is -3.70. The molecule has 0 radical (unpaired) electrons. The average Bonchev–Trinajstić information content (AvgIpc) is 3.59. The number of nitrogens with one attached hydrogen (secondary N) is 1. The van der Waals surface area contributed by atoms with Crippen molar-refractivity contribution in [1.82, 2.24) is 29.5 Å². The van der Waals surface area contributed by atoms with Crippen LogP contribution in [0.25, 0.3) is 17.1 Å². The molecule has 0 spiro atoms. The minimum absolute atomic E-state index is 0.630. The first kappa shape index (κ1) is 22.1. The summed E-state index contributed by atoms with van der Waals surface area (Å²) in [7, 11) is 0. The summed E-state index contributed by atoms with van der Waals surface area (Å²) in [6, 6.07) is 11.6. The molecule has 1 N–H and O–H groups in total. The first-order chi connectivity index (χ1) is 16.4. The van der Waals surface area contributed by atoms with E-state index in [1.807, 2.05) is 48.9 Å². The number of nitrogens with zero attached hydrogens (tertiary/aromatic N) is 7. The molecule has 0 amide bonds. The van der Waals surface area contributed by atoms with Gasteiger partial charge in [-0.3, -0.25) is 0 Å². The van der Waals surface area contributed by atoms with Crippen molar-refractivity contribution in [2.45, 2.75) is 46.6 Å². The molecule has 1 aromatic carbocycles. The SMILES string of the molecule is Cc1nn(-c2cc(Nc3c(C)c(-c4ccc(C#N)cc4)nn3CCC3CC3)ncn2)c(C)c1Cl. The first-order valence-corrected chi connectivity index (χ1v) is 11.7. The molecule has 0 saturated heterocycles. The van der Waals surface area contributed by atoms with Crippen molar-refractivity contribution in [3.8, 4) is 23.1 Å². The second kappa shape index (κ2) is 8.92. The molecule has 0 bridgehead atoms. The molecule has 1 aliphatic carbocycles. The molecule has 34 heavy (non-hydrogen) atoms. The topological polar surface area (TPSA) is 97.2 Å². The van der Waals surface area contributed by atoms with E-state index in [2.05, 4.69) is 33.4 Å². The van der Waals surface area contributed by atoms with Crippen LogP contribution in [-0.4, -0.2) is 29.5 Å². The number of nitriles is 1. The van der Waals surface area contributed by atoms with Crippen LogP contribution in [-0.2, 0) is 6.54 Å². The summed E-state index contributed by atoms with van der Waals surface area (Å²) in [5.41, 5.74) is 5.11. The molecular weight excluding hydrogens is 448 g/mol. The number of hydrogen-bond donors (Lipinski definition) is 1. The van der Waals surface area contributed by atoms with Crippen LogP contribution in [0.15, 0.2) is 36.7 Å². The van der Waals surface area contributed by atoms with Gasteiger partial charge in [0.2, 0.25) is 0 Å². The Labute approximate surface area is 203 Å². The number of halogens is 1. The highest BCUT2D eigenvalue weighted by Gasteiger charge is 2.23. The molecule has 172 valence electrons. The molecule has 0 atom stereocenters. The van der Waals surface area contributed by atoms with Crippen LogP contribution in [0.3, 0.4) is 0 Å². The lowest BCUT2D eigenvalue weighted by molar-refractivity contribution is 0.553. The lowest BCUT2D eigenvalue weighted by atomic mass is 10.1. The maximum absolute atomic E-state index is 9.13. The predicted octanol–water partition coefficient (Wildman–Crippen LogP) is 5.52. The highest BCUT2D eigenvalue weighted by Crippen LogP contribution is 2.35. The quantitative estimate of drug-likeness (QED) is 0.380. The molecule has 3 heterocycles. The summed E-state index contributed by atoms with van der Waals surface area (Å²) in [5, 5.41) is 22.7. The van der Waals surface area contributed by atoms with Gasteiger partial charge in [-0.2, -0.15) is 15.5 Å². The zero-order chi connectivity index (χ0) is 23.8. The highest BCUT2D eigenvalue weighted by atomic mass is 35.5. The van der Waals surface area contributed by atoms with Crippen LogP contribution in [0.2, 0.25) is 5.02 Å². The highest BCUT2D eigenvalue weighted by molar-refractivity contribution is 6.31. The zero-order valence-corrected chi connectivity index (χ0v) is 20.1. The van der Waals surface area contributed by atoms with E-state index in [0.717, 1.165) is 52.9 Å². The summed E-state index contributed by atoms with van der Waals surface area (Å²) in [6.45, 7) is 6.67. The Morgan fingerprint density at radius 1 is 1.12 bits per heavy atom. The molecule has 5 rings (SSSR count). The van der Waals surface area contributed by atoms with Crippen molar-refractivity contribution < 1.29 is 0 Å². The number of benzene rings is 1. The van der Waals surface area contributed by atoms with E-state index in [4.69, 9.17) is 22.0 Å². The Bertz CT molecular complexity index is 1390. The summed E-state index contributed by atoms with van der Waals surface area (Å²) in [5.74, 6) is 2.97. The number of anilines is 2. The van der Waals surface area contributed by atoms with Crippen LogP contribution in [0.4, 0.5) is 11.6 Å². The van der Waals surface area contributed by atoms with Crippen molar-refractivity contribution in [2.75, 3.05) is 5.32 Å². The molecule has 3 aromatic heterocycles. The van der Waals surface area contributed by atoms with Gasteiger partial charge in [0.25, 0.3) is 0 Å². The van der Waals surface area contributed by atoms with Gasteiger partial charge in [-0.15, -0.1) is 0 Å². The fraction of sp³-hybridized carbons (Fsp3) is 0.320. The van der Waals surface area contributed by atoms with Crippen LogP contribution < -0.4 is 5.32 Å². The van der Waals surface area contributed by atoms with Crippen molar-refractivity contribution in [2.24, 2.45) is 5.92 Å². The van der Waals surface area contributed by atoms with Crippen LogP contribution in [0.1, 0.15) is 41.8 Å². The second-order valence-corrected chi connectivity index (χ2v) is 9.13. The fourth-order valence-electron chi connectivity index (χ4n) is 4.06. The lowest BCUT2D eigenvalue weighted by Crippen LogP contribution is -2.08. The van der Waals surface area contributed by atoms with Crippen molar-refractivity contribution in [3.05, 3.63) is 64.2 Å². The third-order valence-electron chi connectivity index (χ3n) is 6.24. The standard InChI is InChI=1S/C25H25ClN8/c1-15-24(20-8-6-19(13-27)7-9-20)32-33(11-10-18-4-5-18)25(15)30-21-12-22(29-14-28-21)34-17(3)23(26)16(2)31-34/h6-9,12,14,18H,4-5,10-11H2,1-3H3,(H,28,29,30). The summed E-state index contributed by atoms with van der Waals surface area (Å²) >= 11 is 6.33. The first-order valence-electron chi connectivity index (χ1n) is 11.3. The van der Waals surface area contributed by atoms with E-state index in [1.165, 1.54) is 19.2 Å². The molecule has 1 aliphatic rings. The molecule has 4 aromatic rings. The Morgan fingerprint density at radius 2 is 1.88 bits per heavy atom. The van der Waals surface area contributed by atoms with Gasteiger partial charge < -0.3 is 5.32 Å². The van der Waals surface area contributed by atoms with Crippen LogP contribution in [0, 0.1) is 38.0 Å². The lowest BCUT2D eigenvalue weighted by Gasteiger charge is -2.11. The fourth-order valence-corrected chi connectivity index (χ4v) is 4.18. The van der Waals surface area contributed by atoms with Gasteiger partial charge in [0.15, 0.2) is 5.82 Å². The zero-order valence-electron chi connectivity index (χ0n) is 19.4. The van der Waals surface area contributed by atoms with E-state index in [9.17, 15) is 0 Å². The van der Waals surface area contributed by atoms with E-state index in [-0.39, 0.29) is 0 Å². The smallest absolute Gasteiger partial charge is 0.159 e. The number of aromatic nitrogens is 6.